The van der Waals surface area contributed by atoms with Gasteiger partial charge in [-0.2, -0.15) is 15.2 Å². The molecule has 6 rings (SSSR count). The van der Waals surface area contributed by atoms with Crippen LogP contribution in [-0.2, 0) is 22.5 Å². The number of nitrogens with zero attached hydrogens (tertiary/aromatic N) is 6. The van der Waals surface area contributed by atoms with Crippen molar-refractivity contribution >= 4 is 39.9 Å². The first-order valence-corrected chi connectivity index (χ1v) is 16.7. The largest absolute Gasteiger partial charge is 0.452 e. The van der Waals surface area contributed by atoms with E-state index in [1.807, 2.05) is 6.92 Å². The molecule has 0 unspecified atom stereocenters. The highest BCUT2D eigenvalue weighted by Crippen LogP contribution is 2.41. The fourth-order valence-electron chi connectivity index (χ4n) is 6.62. The van der Waals surface area contributed by atoms with Gasteiger partial charge < -0.3 is 24.2 Å². The molecule has 2 aliphatic heterocycles. The molecule has 0 N–H and O–H groups in total. The second-order valence-corrected chi connectivity index (χ2v) is 13.3. The maximum absolute atomic E-state index is 13.2. The van der Waals surface area contributed by atoms with Gasteiger partial charge in [0.15, 0.2) is 0 Å². The average Bonchev–Trinajstić information content (AvgIpc) is 3.03. The summed E-state index contributed by atoms with van der Waals surface area (Å²) >= 11 is 1.36. The lowest BCUT2D eigenvalue weighted by Crippen LogP contribution is -2.55. The summed E-state index contributed by atoms with van der Waals surface area (Å²) in [4.78, 5) is 28.5. The average molecular weight is 649 g/mol. The van der Waals surface area contributed by atoms with Gasteiger partial charge >= 0.3 is 6.01 Å². The van der Waals surface area contributed by atoms with Crippen LogP contribution in [0.3, 0.4) is 0 Å². The number of ether oxygens (including phenoxy) is 2. The van der Waals surface area contributed by atoms with Gasteiger partial charge in [0, 0.05) is 55.7 Å². The molecule has 9 nitrogen and oxygen atoms in total. The van der Waals surface area contributed by atoms with Crippen molar-refractivity contribution in [3.8, 4) is 12.1 Å². The van der Waals surface area contributed by atoms with Crippen LogP contribution >= 0.6 is 11.8 Å². The summed E-state index contributed by atoms with van der Waals surface area (Å²) in [7, 11) is 0. The third kappa shape index (κ3) is 6.76. The molecule has 242 valence electrons. The zero-order chi connectivity index (χ0) is 32.4. The van der Waals surface area contributed by atoms with Gasteiger partial charge in [0.1, 0.15) is 17.2 Å². The number of amides is 1. The van der Waals surface area contributed by atoms with E-state index in [1.165, 1.54) is 34.2 Å². The SMILES string of the molecule is C=CC(=O)N1CCN(c2nc(OCS[C@H](C)OC3CC(F)(F)C3)nc3c2CCN(c2cccc4cccc(C)c24)C3)C[C@@H]1CC#N. The molecule has 2 aromatic carbocycles. The fourth-order valence-corrected chi connectivity index (χ4v) is 7.22. The highest BCUT2D eigenvalue weighted by atomic mass is 32.2. The van der Waals surface area contributed by atoms with Gasteiger partial charge in [0.05, 0.1) is 36.9 Å². The third-order valence-electron chi connectivity index (χ3n) is 8.95. The zero-order valence-corrected chi connectivity index (χ0v) is 26.9. The Morgan fingerprint density at radius 2 is 1.98 bits per heavy atom. The monoisotopic (exact) mass is 648 g/mol. The number of nitriles is 1. The van der Waals surface area contributed by atoms with Crippen LogP contribution in [0, 0.1) is 18.3 Å². The minimum atomic E-state index is -2.63. The molecule has 1 aliphatic carbocycles. The van der Waals surface area contributed by atoms with Gasteiger partial charge in [0.2, 0.25) is 5.91 Å². The number of fused-ring (bicyclic) bond motifs is 2. The van der Waals surface area contributed by atoms with E-state index in [0.717, 1.165) is 29.3 Å². The predicted molar refractivity (Wildman–Crippen MR) is 175 cm³/mol. The van der Waals surface area contributed by atoms with Crippen LogP contribution in [0.15, 0.2) is 49.1 Å². The molecule has 1 amide bonds. The molecule has 0 spiro atoms. The van der Waals surface area contributed by atoms with Gasteiger partial charge in [-0.3, -0.25) is 4.79 Å². The lowest BCUT2D eigenvalue weighted by Gasteiger charge is -2.42. The number of hydrogen-bond donors (Lipinski definition) is 0. The first-order chi connectivity index (χ1) is 22.2. The standard InChI is InChI=1S/C34H38F2N6O3S/c1-4-30(43)42-16-15-41(19-25(42)11-13-37)32-27-12-14-40(29-10-6-9-24-8-5-7-22(2)31(24)29)20-28(27)38-33(39-32)44-21-46-23(3)45-26-17-34(35,36)18-26/h4-10,23,25-26H,1,11-12,14-21H2,2-3H3/t23-,25+/m1/s1. The van der Waals surface area contributed by atoms with Crippen molar-refractivity contribution in [1.82, 2.24) is 14.9 Å². The maximum atomic E-state index is 13.2. The van der Waals surface area contributed by atoms with E-state index in [0.29, 0.717) is 32.6 Å². The highest BCUT2D eigenvalue weighted by molar-refractivity contribution is 7.99. The fraction of sp³-hybridized carbons (Fsp3) is 0.471. The topological polar surface area (TPSA) is 94.8 Å². The summed E-state index contributed by atoms with van der Waals surface area (Å²) in [5.41, 5.74) is 3.93. The second-order valence-electron chi connectivity index (χ2n) is 12.1. The number of carbonyl (C=O) groups is 1. The van der Waals surface area contributed by atoms with E-state index in [-0.39, 0.29) is 48.6 Å². The molecule has 1 saturated heterocycles. The molecule has 3 heterocycles. The Balaban J connectivity index is 1.26. The summed E-state index contributed by atoms with van der Waals surface area (Å²) in [6.45, 7) is 10.4. The van der Waals surface area contributed by atoms with Crippen molar-refractivity contribution in [3.63, 3.8) is 0 Å². The number of hydrogen-bond acceptors (Lipinski definition) is 9. The number of alkyl halides is 2. The van der Waals surface area contributed by atoms with Crippen molar-refractivity contribution in [2.75, 3.05) is 41.9 Å². The van der Waals surface area contributed by atoms with E-state index in [2.05, 4.69) is 65.8 Å². The Kier molecular flexibility index (Phi) is 9.34. The van der Waals surface area contributed by atoms with E-state index in [4.69, 9.17) is 19.4 Å². The summed E-state index contributed by atoms with van der Waals surface area (Å²) in [6.07, 6.45) is 1.26. The second kappa shape index (κ2) is 13.4. The summed E-state index contributed by atoms with van der Waals surface area (Å²) in [5.74, 6) is -1.87. The number of halogens is 2. The molecular formula is C34H38F2N6O3S. The minimum Gasteiger partial charge on any atom is -0.452 e. The van der Waals surface area contributed by atoms with Crippen molar-refractivity contribution in [2.45, 2.75) is 69.6 Å². The van der Waals surface area contributed by atoms with Crippen LogP contribution in [0.2, 0.25) is 0 Å². The predicted octanol–water partition coefficient (Wildman–Crippen LogP) is 5.85. The molecule has 2 atom stereocenters. The zero-order valence-electron chi connectivity index (χ0n) is 26.1. The van der Waals surface area contributed by atoms with E-state index in [9.17, 15) is 18.8 Å². The quantitative estimate of drug-likeness (QED) is 0.198. The Morgan fingerprint density at radius 3 is 2.72 bits per heavy atom. The maximum Gasteiger partial charge on any atom is 0.319 e. The number of aryl methyl sites for hydroxylation is 1. The number of carbonyl (C=O) groups excluding carboxylic acids is 1. The minimum absolute atomic E-state index is 0.186. The first-order valence-electron chi connectivity index (χ1n) is 15.6. The number of thioether (sulfide) groups is 1. The van der Waals surface area contributed by atoms with Crippen LogP contribution in [0.25, 0.3) is 10.8 Å². The van der Waals surface area contributed by atoms with Crippen molar-refractivity contribution in [3.05, 3.63) is 65.9 Å². The summed E-state index contributed by atoms with van der Waals surface area (Å²) in [5, 5.41) is 11.9. The molecule has 12 heteroatoms. The number of rotatable bonds is 10. The normalized spacial score (nSPS) is 20.1. The highest BCUT2D eigenvalue weighted by Gasteiger charge is 2.46. The van der Waals surface area contributed by atoms with Gasteiger partial charge in [-0.15, -0.1) is 0 Å². The van der Waals surface area contributed by atoms with E-state index < -0.39 is 12.0 Å². The summed E-state index contributed by atoms with van der Waals surface area (Å²) in [6, 6.07) is 14.8. The van der Waals surface area contributed by atoms with Crippen LogP contribution in [-0.4, -0.2) is 76.4 Å². The van der Waals surface area contributed by atoms with Crippen LogP contribution in [0.4, 0.5) is 20.3 Å². The molecule has 0 radical (unpaired) electrons. The smallest absolute Gasteiger partial charge is 0.319 e. The van der Waals surface area contributed by atoms with Crippen LogP contribution < -0.4 is 14.5 Å². The molecule has 2 fully saturated rings. The molecule has 3 aromatic rings. The number of benzene rings is 2. The number of anilines is 2. The Hall–Kier alpha value is -3.95. The number of aromatic nitrogens is 2. The van der Waals surface area contributed by atoms with E-state index in [1.54, 1.807) is 4.90 Å². The van der Waals surface area contributed by atoms with Crippen molar-refractivity contribution in [2.24, 2.45) is 0 Å². The molecule has 1 saturated carbocycles. The number of piperazine rings is 1. The van der Waals surface area contributed by atoms with Crippen molar-refractivity contribution in [1.29, 1.82) is 5.26 Å². The van der Waals surface area contributed by atoms with Gasteiger partial charge in [0.25, 0.3) is 5.92 Å². The lowest BCUT2D eigenvalue weighted by molar-refractivity contribution is -0.168. The van der Waals surface area contributed by atoms with Crippen molar-refractivity contribution < 1.29 is 23.0 Å². The Morgan fingerprint density at radius 1 is 1.20 bits per heavy atom. The first kappa shape index (κ1) is 32.0. The molecule has 3 aliphatic rings. The summed E-state index contributed by atoms with van der Waals surface area (Å²) < 4.78 is 38.3. The van der Waals surface area contributed by atoms with Crippen LogP contribution in [0.5, 0.6) is 6.01 Å². The lowest BCUT2D eigenvalue weighted by atomic mass is 9.91. The molecule has 46 heavy (non-hydrogen) atoms. The Bertz CT molecular complexity index is 1650. The molecule has 1 aromatic heterocycles. The van der Waals surface area contributed by atoms with Crippen LogP contribution in [0.1, 0.15) is 43.0 Å². The van der Waals surface area contributed by atoms with Gasteiger partial charge in [-0.1, -0.05) is 48.7 Å². The van der Waals surface area contributed by atoms with Gasteiger partial charge in [-0.25, -0.2) is 8.78 Å². The third-order valence-corrected chi connectivity index (χ3v) is 9.78. The molecule has 0 bridgehead atoms. The Labute approximate surface area is 272 Å². The van der Waals surface area contributed by atoms with E-state index >= 15 is 0 Å². The van der Waals surface area contributed by atoms with Gasteiger partial charge in [-0.05, 0) is 43.4 Å². The molecular weight excluding hydrogens is 610 g/mol.